The Balaban J connectivity index is 1.74. The van der Waals surface area contributed by atoms with E-state index in [0.717, 1.165) is 42.6 Å². The molecule has 3 rings (SSSR count). The molecule has 0 bridgehead atoms. The minimum absolute atomic E-state index is 0.0694. The van der Waals surface area contributed by atoms with Crippen molar-refractivity contribution in [1.82, 2.24) is 10.2 Å². The van der Waals surface area contributed by atoms with Crippen LogP contribution in [0.25, 0.3) is 11.1 Å². The number of likely N-dealkylation sites (tertiary alicyclic amines) is 1. The van der Waals surface area contributed by atoms with Crippen LogP contribution in [0.1, 0.15) is 49.8 Å². The maximum Gasteiger partial charge on any atom is 0.237 e. The summed E-state index contributed by atoms with van der Waals surface area (Å²) >= 11 is 0. The van der Waals surface area contributed by atoms with Crippen LogP contribution in [-0.2, 0) is 24.2 Å². The standard InChI is InChI=1S/C30H41N3O3/c1-5-7-21-9-10-28(34)25(17-21)26-18-22(8-6-2)16-23(29(26)35)19-33-13-11-24(12-14-33)32-30(36)27(31)15-20(3)4/h5-6,9-10,16-18,20,24,27,34-35H,1-2,7-8,11-15,19,31H2,3-4H3,(H,32,36)/t27-/m0/s1. The van der Waals surface area contributed by atoms with Crippen molar-refractivity contribution in [3.8, 4) is 22.6 Å². The second-order valence-electron chi connectivity index (χ2n) is 10.3. The molecular weight excluding hydrogens is 450 g/mol. The third kappa shape index (κ3) is 7.21. The zero-order valence-electron chi connectivity index (χ0n) is 21.7. The fraction of sp³-hybridized carbons (Fsp3) is 0.433. The highest BCUT2D eigenvalue weighted by molar-refractivity contribution is 5.81. The summed E-state index contributed by atoms with van der Waals surface area (Å²) in [5.41, 5.74) is 10.1. The molecule has 0 aromatic heterocycles. The summed E-state index contributed by atoms with van der Waals surface area (Å²) in [6.07, 6.45) is 7.36. The number of rotatable bonds is 11. The van der Waals surface area contributed by atoms with Gasteiger partial charge in [-0.1, -0.05) is 38.1 Å². The Morgan fingerprint density at radius 1 is 1.08 bits per heavy atom. The van der Waals surface area contributed by atoms with Crippen molar-refractivity contribution in [2.75, 3.05) is 13.1 Å². The third-order valence-electron chi connectivity index (χ3n) is 6.75. The van der Waals surface area contributed by atoms with Gasteiger partial charge in [0.05, 0.1) is 6.04 Å². The first kappa shape index (κ1) is 27.5. The van der Waals surface area contributed by atoms with Gasteiger partial charge in [0, 0.05) is 42.4 Å². The molecule has 1 aliphatic rings. The molecule has 1 atom stereocenters. The number of hydrogen-bond acceptors (Lipinski definition) is 5. The van der Waals surface area contributed by atoms with Crippen molar-refractivity contribution in [1.29, 1.82) is 0 Å². The maximum absolute atomic E-state index is 12.4. The highest BCUT2D eigenvalue weighted by Crippen LogP contribution is 2.39. The van der Waals surface area contributed by atoms with Crippen molar-refractivity contribution >= 4 is 5.91 Å². The summed E-state index contributed by atoms with van der Waals surface area (Å²) in [7, 11) is 0. The number of nitrogens with two attached hydrogens (primary N) is 1. The summed E-state index contributed by atoms with van der Waals surface area (Å²) in [6.45, 7) is 14.0. The number of phenolic OH excluding ortho intramolecular Hbond substituents is 2. The number of carbonyl (C=O) groups is 1. The van der Waals surface area contributed by atoms with Crippen LogP contribution in [0.4, 0.5) is 0 Å². The number of benzene rings is 2. The second kappa shape index (κ2) is 12.7. The number of carbonyl (C=O) groups excluding carboxylic acids is 1. The SMILES string of the molecule is C=CCc1ccc(O)c(-c2cc(CC=C)cc(CN3CCC(NC(=O)[C@@H](N)CC(C)C)CC3)c2O)c1. The minimum atomic E-state index is -0.465. The smallest absolute Gasteiger partial charge is 0.237 e. The van der Waals surface area contributed by atoms with Crippen LogP contribution in [0.5, 0.6) is 11.5 Å². The second-order valence-corrected chi connectivity index (χ2v) is 10.3. The van der Waals surface area contributed by atoms with E-state index in [1.807, 2.05) is 36.4 Å². The molecule has 0 unspecified atom stereocenters. The average molecular weight is 492 g/mol. The van der Waals surface area contributed by atoms with Gasteiger partial charge in [-0.25, -0.2) is 0 Å². The van der Waals surface area contributed by atoms with Crippen molar-refractivity contribution < 1.29 is 15.0 Å². The van der Waals surface area contributed by atoms with Crippen LogP contribution < -0.4 is 11.1 Å². The van der Waals surface area contributed by atoms with Crippen LogP contribution in [0.3, 0.4) is 0 Å². The number of amides is 1. The first-order valence-electron chi connectivity index (χ1n) is 12.9. The average Bonchev–Trinajstić information content (AvgIpc) is 2.83. The Bertz CT molecular complexity index is 1070. The van der Waals surface area contributed by atoms with Gasteiger partial charge in [0.25, 0.3) is 0 Å². The molecule has 2 aromatic rings. The van der Waals surface area contributed by atoms with E-state index in [2.05, 4.69) is 37.2 Å². The number of nitrogens with one attached hydrogen (secondary N) is 1. The van der Waals surface area contributed by atoms with Gasteiger partial charge in [-0.3, -0.25) is 9.69 Å². The molecule has 2 aromatic carbocycles. The van der Waals surface area contributed by atoms with Crippen LogP contribution in [0.15, 0.2) is 55.6 Å². The van der Waals surface area contributed by atoms with Gasteiger partial charge in [-0.05, 0) is 67.3 Å². The van der Waals surface area contributed by atoms with Crippen molar-refractivity contribution in [2.45, 2.75) is 64.6 Å². The highest BCUT2D eigenvalue weighted by Gasteiger charge is 2.25. The molecular formula is C30H41N3O3. The Morgan fingerprint density at radius 2 is 1.72 bits per heavy atom. The van der Waals surface area contributed by atoms with Crippen LogP contribution >= 0.6 is 0 Å². The first-order chi connectivity index (χ1) is 17.2. The number of piperidine rings is 1. The van der Waals surface area contributed by atoms with Crippen LogP contribution in [0.2, 0.25) is 0 Å². The van der Waals surface area contributed by atoms with E-state index in [4.69, 9.17) is 5.73 Å². The molecule has 1 saturated heterocycles. The normalized spacial score (nSPS) is 15.6. The molecule has 0 saturated carbocycles. The van der Waals surface area contributed by atoms with Gasteiger partial charge in [0.2, 0.25) is 5.91 Å². The van der Waals surface area contributed by atoms with E-state index in [9.17, 15) is 15.0 Å². The molecule has 1 amide bonds. The number of aromatic hydroxyl groups is 2. The molecule has 6 nitrogen and oxygen atoms in total. The number of nitrogens with zero attached hydrogens (tertiary/aromatic N) is 1. The zero-order chi connectivity index (χ0) is 26.2. The molecule has 5 N–H and O–H groups in total. The molecule has 1 heterocycles. The molecule has 36 heavy (non-hydrogen) atoms. The van der Waals surface area contributed by atoms with Gasteiger partial charge in [-0.2, -0.15) is 0 Å². The maximum atomic E-state index is 12.4. The summed E-state index contributed by atoms with van der Waals surface area (Å²) < 4.78 is 0. The van der Waals surface area contributed by atoms with Crippen molar-refractivity contribution in [3.63, 3.8) is 0 Å². The molecule has 1 fully saturated rings. The number of hydrogen-bond donors (Lipinski definition) is 4. The zero-order valence-corrected chi connectivity index (χ0v) is 21.7. The van der Waals surface area contributed by atoms with Gasteiger partial charge >= 0.3 is 0 Å². The molecule has 194 valence electrons. The Labute approximate surface area is 215 Å². The van der Waals surface area contributed by atoms with Gasteiger partial charge < -0.3 is 21.3 Å². The van der Waals surface area contributed by atoms with Gasteiger partial charge in [0.1, 0.15) is 11.5 Å². The van der Waals surface area contributed by atoms with E-state index >= 15 is 0 Å². The molecule has 0 spiro atoms. The predicted octanol–water partition coefficient (Wildman–Crippen LogP) is 4.68. The molecule has 0 radical (unpaired) electrons. The quantitative estimate of drug-likeness (QED) is 0.342. The predicted molar refractivity (Wildman–Crippen MR) is 147 cm³/mol. The minimum Gasteiger partial charge on any atom is -0.507 e. The lowest BCUT2D eigenvalue weighted by Gasteiger charge is -2.33. The Kier molecular flexibility index (Phi) is 9.73. The van der Waals surface area contributed by atoms with E-state index < -0.39 is 6.04 Å². The van der Waals surface area contributed by atoms with E-state index in [-0.39, 0.29) is 23.4 Å². The van der Waals surface area contributed by atoms with Crippen molar-refractivity contribution in [3.05, 3.63) is 72.3 Å². The fourth-order valence-electron chi connectivity index (χ4n) is 4.86. The summed E-state index contributed by atoms with van der Waals surface area (Å²) in [4.78, 5) is 14.7. The summed E-state index contributed by atoms with van der Waals surface area (Å²) in [6, 6.07) is 9.04. The van der Waals surface area contributed by atoms with E-state index in [1.165, 1.54) is 0 Å². The summed E-state index contributed by atoms with van der Waals surface area (Å²) in [5, 5.41) is 25.0. The monoisotopic (exact) mass is 491 g/mol. The largest absolute Gasteiger partial charge is 0.507 e. The fourth-order valence-corrected chi connectivity index (χ4v) is 4.86. The van der Waals surface area contributed by atoms with Crippen molar-refractivity contribution in [2.24, 2.45) is 11.7 Å². The van der Waals surface area contributed by atoms with Gasteiger partial charge in [0.15, 0.2) is 0 Å². The topological polar surface area (TPSA) is 98.8 Å². The Hall–Kier alpha value is -3.09. The van der Waals surface area contributed by atoms with Crippen LogP contribution in [0, 0.1) is 5.92 Å². The highest BCUT2D eigenvalue weighted by atomic mass is 16.3. The molecule has 0 aliphatic carbocycles. The number of phenols is 2. The lowest BCUT2D eigenvalue weighted by molar-refractivity contribution is -0.123. The first-order valence-corrected chi connectivity index (χ1v) is 12.9. The summed E-state index contributed by atoms with van der Waals surface area (Å²) in [5.74, 6) is 0.629. The number of allylic oxidation sites excluding steroid dienone is 2. The third-order valence-corrected chi connectivity index (χ3v) is 6.75. The molecule has 1 aliphatic heterocycles. The lowest BCUT2D eigenvalue weighted by atomic mass is 9.94. The lowest BCUT2D eigenvalue weighted by Crippen LogP contribution is -2.49. The van der Waals surface area contributed by atoms with Gasteiger partial charge in [-0.15, -0.1) is 13.2 Å². The van der Waals surface area contributed by atoms with E-state index in [1.54, 1.807) is 6.07 Å². The Morgan fingerprint density at radius 3 is 2.36 bits per heavy atom. The molecule has 6 heteroatoms. The van der Waals surface area contributed by atoms with E-state index in [0.29, 0.717) is 42.9 Å². The van der Waals surface area contributed by atoms with Crippen LogP contribution in [-0.4, -0.2) is 46.2 Å².